The number of nitrogens with one attached hydrogen (secondary N) is 1. The van der Waals surface area contributed by atoms with E-state index in [-0.39, 0.29) is 0 Å². The first-order valence-corrected chi connectivity index (χ1v) is 7.30. The maximum atomic E-state index is 5.05. The second-order valence-electron chi connectivity index (χ2n) is 4.34. The van der Waals surface area contributed by atoms with Gasteiger partial charge in [-0.3, -0.25) is 0 Å². The van der Waals surface area contributed by atoms with E-state index in [2.05, 4.69) is 39.1 Å². The molecule has 0 saturated heterocycles. The van der Waals surface area contributed by atoms with Crippen LogP contribution < -0.4 is 5.32 Å². The molecule has 1 N–H and O–H groups in total. The second kappa shape index (κ2) is 5.98. The number of rotatable bonds is 5. The van der Waals surface area contributed by atoms with Crippen LogP contribution in [0, 0.1) is 0 Å². The van der Waals surface area contributed by atoms with Crippen molar-refractivity contribution in [3.8, 4) is 10.6 Å². The van der Waals surface area contributed by atoms with Crippen molar-refractivity contribution in [2.24, 2.45) is 0 Å². The smallest absolute Gasteiger partial charge is 0.156 e. The number of hydrogen-bond donors (Lipinski definition) is 1. The third kappa shape index (κ3) is 2.50. The predicted octanol–water partition coefficient (Wildman–Crippen LogP) is 3.42. The number of hydrogen-bond acceptors (Lipinski definition) is 5. The molecule has 20 heavy (non-hydrogen) atoms. The first-order chi connectivity index (χ1) is 9.90. The van der Waals surface area contributed by atoms with Gasteiger partial charge in [0.15, 0.2) is 5.82 Å². The van der Waals surface area contributed by atoms with E-state index in [1.165, 1.54) is 0 Å². The monoisotopic (exact) mass is 285 g/mol. The molecule has 0 aliphatic carbocycles. The van der Waals surface area contributed by atoms with E-state index in [0.29, 0.717) is 13.2 Å². The summed E-state index contributed by atoms with van der Waals surface area (Å²) in [5.41, 5.74) is 0.938. The van der Waals surface area contributed by atoms with Gasteiger partial charge in [0, 0.05) is 24.4 Å². The van der Waals surface area contributed by atoms with Gasteiger partial charge in [0.05, 0.1) is 11.5 Å². The van der Waals surface area contributed by atoms with E-state index < -0.39 is 0 Å². The molecule has 0 saturated carbocycles. The molecule has 3 rings (SSSR count). The lowest BCUT2D eigenvalue weighted by molar-refractivity contribution is 0.210. The van der Waals surface area contributed by atoms with Gasteiger partial charge in [0.1, 0.15) is 5.69 Å². The summed E-state index contributed by atoms with van der Waals surface area (Å²) in [6, 6.07) is 12.3. The molecular formula is C15H15N3OS. The van der Waals surface area contributed by atoms with Gasteiger partial charge in [-0.25, -0.2) is 0 Å². The number of fused-ring (bicyclic) bond motifs is 1. The zero-order valence-corrected chi connectivity index (χ0v) is 12.0. The molecule has 1 aromatic carbocycles. The second-order valence-corrected chi connectivity index (χ2v) is 5.29. The number of thiophene rings is 1. The van der Waals surface area contributed by atoms with Crippen LogP contribution in [0.1, 0.15) is 0 Å². The third-order valence-electron chi connectivity index (χ3n) is 3.04. The Morgan fingerprint density at radius 3 is 2.70 bits per heavy atom. The Balaban J connectivity index is 2.06. The molecule has 0 radical (unpaired) electrons. The number of benzene rings is 1. The molecule has 0 atom stereocenters. The minimum absolute atomic E-state index is 0.642. The highest BCUT2D eigenvalue weighted by atomic mass is 32.1. The van der Waals surface area contributed by atoms with E-state index in [1.54, 1.807) is 18.4 Å². The standard InChI is InChI=1S/C15H15N3OS/c1-19-9-8-16-15-12-6-3-2-5-11(12)14(17-18-15)13-7-4-10-20-13/h2-7,10H,8-9H2,1H3,(H,16,18). The molecule has 0 aliphatic rings. The van der Waals surface area contributed by atoms with Gasteiger partial charge in [-0.05, 0) is 11.4 Å². The molecule has 2 aromatic heterocycles. The SMILES string of the molecule is COCCNc1nnc(-c2cccs2)c2ccccc12. The van der Waals surface area contributed by atoms with Crippen LogP contribution in [0.2, 0.25) is 0 Å². The first kappa shape index (κ1) is 13.0. The van der Waals surface area contributed by atoms with Gasteiger partial charge < -0.3 is 10.1 Å². The quantitative estimate of drug-likeness (QED) is 0.730. The number of ether oxygens (including phenoxy) is 1. The van der Waals surface area contributed by atoms with Crippen molar-refractivity contribution in [3.63, 3.8) is 0 Å². The fourth-order valence-corrected chi connectivity index (χ4v) is 2.82. The Morgan fingerprint density at radius 2 is 1.95 bits per heavy atom. The summed E-state index contributed by atoms with van der Waals surface area (Å²) in [4.78, 5) is 1.14. The Morgan fingerprint density at radius 1 is 1.10 bits per heavy atom. The van der Waals surface area contributed by atoms with Gasteiger partial charge in [-0.15, -0.1) is 21.5 Å². The third-order valence-corrected chi connectivity index (χ3v) is 3.92. The number of aromatic nitrogens is 2. The topological polar surface area (TPSA) is 47.0 Å². The lowest BCUT2D eigenvalue weighted by Crippen LogP contribution is -2.10. The van der Waals surface area contributed by atoms with Crippen LogP contribution in [0.25, 0.3) is 21.3 Å². The average Bonchev–Trinajstić information content (AvgIpc) is 3.01. The normalized spacial score (nSPS) is 10.8. The summed E-state index contributed by atoms with van der Waals surface area (Å²) >= 11 is 1.68. The lowest BCUT2D eigenvalue weighted by Gasteiger charge is -2.09. The van der Waals surface area contributed by atoms with E-state index in [4.69, 9.17) is 4.74 Å². The van der Waals surface area contributed by atoms with Crippen LogP contribution in [0.3, 0.4) is 0 Å². The van der Waals surface area contributed by atoms with Gasteiger partial charge in [-0.2, -0.15) is 0 Å². The molecule has 0 aliphatic heterocycles. The molecule has 2 heterocycles. The number of methoxy groups -OCH3 is 1. The zero-order valence-electron chi connectivity index (χ0n) is 11.2. The van der Waals surface area contributed by atoms with Crippen LogP contribution in [0.5, 0.6) is 0 Å². The van der Waals surface area contributed by atoms with Crippen LogP contribution in [0.4, 0.5) is 5.82 Å². The highest BCUT2D eigenvalue weighted by Gasteiger charge is 2.10. The summed E-state index contributed by atoms with van der Waals surface area (Å²) < 4.78 is 5.05. The Bertz CT molecular complexity index is 697. The minimum Gasteiger partial charge on any atom is -0.383 e. The maximum absolute atomic E-state index is 5.05. The van der Waals surface area contributed by atoms with Crippen molar-refractivity contribution < 1.29 is 4.74 Å². The molecule has 3 aromatic rings. The minimum atomic E-state index is 0.642. The molecule has 0 bridgehead atoms. The Kier molecular flexibility index (Phi) is 3.90. The van der Waals surface area contributed by atoms with Crippen molar-refractivity contribution in [2.75, 3.05) is 25.6 Å². The molecule has 0 unspecified atom stereocenters. The molecular weight excluding hydrogens is 270 g/mol. The first-order valence-electron chi connectivity index (χ1n) is 6.42. The summed E-state index contributed by atoms with van der Waals surface area (Å²) in [6.45, 7) is 1.36. The Labute approximate surface area is 121 Å². The molecule has 5 heteroatoms. The molecule has 0 fully saturated rings. The van der Waals surface area contributed by atoms with E-state index in [0.717, 1.165) is 27.2 Å². The summed E-state index contributed by atoms with van der Waals surface area (Å²) in [6.07, 6.45) is 0. The zero-order chi connectivity index (χ0) is 13.8. The lowest BCUT2D eigenvalue weighted by atomic mass is 10.1. The summed E-state index contributed by atoms with van der Waals surface area (Å²) in [5, 5.41) is 16.2. The Hall–Kier alpha value is -1.98. The van der Waals surface area contributed by atoms with E-state index in [1.807, 2.05) is 18.2 Å². The van der Waals surface area contributed by atoms with Gasteiger partial charge >= 0.3 is 0 Å². The van der Waals surface area contributed by atoms with Crippen molar-refractivity contribution in [1.29, 1.82) is 0 Å². The van der Waals surface area contributed by atoms with Gasteiger partial charge in [0.25, 0.3) is 0 Å². The van der Waals surface area contributed by atoms with Crippen LogP contribution in [0.15, 0.2) is 41.8 Å². The molecule has 102 valence electrons. The van der Waals surface area contributed by atoms with E-state index >= 15 is 0 Å². The largest absolute Gasteiger partial charge is 0.383 e. The van der Waals surface area contributed by atoms with Gasteiger partial charge in [0.2, 0.25) is 0 Å². The summed E-state index contributed by atoms with van der Waals surface area (Å²) in [7, 11) is 1.69. The maximum Gasteiger partial charge on any atom is 0.156 e. The summed E-state index contributed by atoms with van der Waals surface area (Å²) in [5.74, 6) is 0.804. The van der Waals surface area contributed by atoms with Crippen molar-refractivity contribution in [3.05, 3.63) is 41.8 Å². The van der Waals surface area contributed by atoms with Crippen molar-refractivity contribution in [1.82, 2.24) is 10.2 Å². The average molecular weight is 285 g/mol. The fraction of sp³-hybridized carbons (Fsp3) is 0.200. The molecule has 0 amide bonds. The van der Waals surface area contributed by atoms with Crippen molar-refractivity contribution >= 4 is 27.9 Å². The highest BCUT2D eigenvalue weighted by Crippen LogP contribution is 2.31. The predicted molar refractivity (Wildman–Crippen MR) is 83.2 cm³/mol. The van der Waals surface area contributed by atoms with Crippen molar-refractivity contribution in [2.45, 2.75) is 0 Å². The number of anilines is 1. The van der Waals surface area contributed by atoms with Crippen LogP contribution in [-0.2, 0) is 4.74 Å². The number of nitrogens with zero attached hydrogens (tertiary/aromatic N) is 2. The van der Waals surface area contributed by atoms with Crippen LogP contribution in [-0.4, -0.2) is 30.5 Å². The molecule has 4 nitrogen and oxygen atoms in total. The fourth-order valence-electron chi connectivity index (χ4n) is 2.10. The highest BCUT2D eigenvalue weighted by molar-refractivity contribution is 7.13. The van der Waals surface area contributed by atoms with E-state index in [9.17, 15) is 0 Å². The van der Waals surface area contributed by atoms with Gasteiger partial charge in [-0.1, -0.05) is 30.3 Å². The molecule has 0 spiro atoms. The van der Waals surface area contributed by atoms with Crippen LogP contribution >= 0.6 is 11.3 Å².